The standard InChI is InChI=1S/C71H56N2/c1-5-18-50(44-51-41-49-19-6-12-25-61(49)70(51)62-26-13-7-20-54(62)55-21-8-14-27-63(55)70)69(3)39-40-73(53-35-33-52(72-4)34-36-53)68-38-32-47(42-60(68)46(2)45-69)48-31-37-59-58-24-11-17-30-66(58)71(67(59)43-48)64-28-15-9-22-56(64)57-23-10-16-29-65(57)71/h6-17,19-44,72H,2,5,18,45H2,1,3-4H3/b40-39-,50-44?. The summed E-state index contributed by atoms with van der Waals surface area (Å²) < 4.78 is 0. The second-order valence-corrected chi connectivity index (χ2v) is 21.0. The van der Waals surface area contributed by atoms with Gasteiger partial charge in [-0.3, -0.25) is 0 Å². The number of hydrogen-bond acceptors (Lipinski definition) is 2. The Morgan fingerprint density at radius 3 is 1.59 bits per heavy atom. The van der Waals surface area contributed by atoms with E-state index in [2.05, 4.69) is 255 Å². The first-order chi connectivity index (χ1) is 35.9. The van der Waals surface area contributed by atoms with E-state index >= 15 is 0 Å². The molecular weight excluding hydrogens is 881 g/mol. The van der Waals surface area contributed by atoms with Crippen LogP contribution < -0.4 is 10.2 Å². The quantitative estimate of drug-likeness (QED) is 0.171. The topological polar surface area (TPSA) is 15.3 Å². The minimum Gasteiger partial charge on any atom is -0.388 e. The molecule has 0 radical (unpaired) electrons. The molecule has 4 aliphatic carbocycles. The lowest BCUT2D eigenvalue weighted by atomic mass is 9.67. The van der Waals surface area contributed by atoms with Gasteiger partial charge in [0.25, 0.3) is 0 Å². The fraction of sp³-hybridized carbons (Fsp3) is 0.127. The van der Waals surface area contributed by atoms with Crippen molar-refractivity contribution in [1.82, 2.24) is 0 Å². The molecule has 9 aromatic carbocycles. The molecule has 0 fully saturated rings. The molecule has 2 spiro atoms. The van der Waals surface area contributed by atoms with E-state index in [1.54, 1.807) is 0 Å². The van der Waals surface area contributed by atoms with Gasteiger partial charge in [0, 0.05) is 35.6 Å². The van der Waals surface area contributed by atoms with E-state index in [0.29, 0.717) is 0 Å². The predicted octanol–water partition coefficient (Wildman–Crippen LogP) is 18.0. The SMILES string of the molecule is C=C1CC(C)(C(=CC2=Cc3ccccc3C23c2ccccc2-c2ccccc23)CCC)/C=C\N(c2ccc(NC)cc2)c2ccc(-c3ccc4c(c3)C3(c5ccccc5-c5ccccc53)c3ccccc3-4)cc21. The molecule has 73 heavy (non-hydrogen) atoms. The highest BCUT2D eigenvalue weighted by atomic mass is 15.1. The van der Waals surface area contributed by atoms with Crippen LogP contribution in [0.25, 0.3) is 56.2 Å². The maximum atomic E-state index is 5.06. The smallest absolute Gasteiger partial charge is 0.0725 e. The first-order valence-electron chi connectivity index (χ1n) is 26.1. The van der Waals surface area contributed by atoms with Crippen LogP contribution in [0, 0.1) is 5.41 Å². The Kier molecular flexibility index (Phi) is 9.67. The summed E-state index contributed by atoms with van der Waals surface area (Å²) in [6.07, 6.45) is 12.7. The average Bonchev–Trinajstić information content (AvgIpc) is 4.13. The highest BCUT2D eigenvalue weighted by Crippen LogP contribution is 2.64. The number of hydrogen-bond donors (Lipinski definition) is 1. The van der Waals surface area contributed by atoms with Crippen molar-refractivity contribution in [3.63, 3.8) is 0 Å². The van der Waals surface area contributed by atoms with Gasteiger partial charge < -0.3 is 10.2 Å². The maximum absolute atomic E-state index is 5.06. The number of benzene rings is 9. The van der Waals surface area contributed by atoms with Gasteiger partial charge in [-0.15, -0.1) is 0 Å². The number of allylic oxidation sites excluding steroid dienone is 5. The molecule has 0 amide bonds. The molecule has 1 unspecified atom stereocenters. The number of fused-ring (bicyclic) bond motifs is 18. The Hall–Kier alpha value is -8.46. The molecule has 0 saturated carbocycles. The molecule has 2 heteroatoms. The van der Waals surface area contributed by atoms with Gasteiger partial charge in [-0.2, -0.15) is 0 Å². The summed E-state index contributed by atoms with van der Waals surface area (Å²) in [6.45, 7) is 9.84. The summed E-state index contributed by atoms with van der Waals surface area (Å²) >= 11 is 0. The molecule has 9 aromatic rings. The molecular formula is C71H56N2. The Balaban J connectivity index is 0.926. The molecule has 1 aliphatic heterocycles. The molecule has 1 heterocycles. The molecule has 0 bridgehead atoms. The second-order valence-electron chi connectivity index (χ2n) is 21.0. The normalized spacial score (nSPS) is 18.1. The summed E-state index contributed by atoms with van der Waals surface area (Å²) in [5.41, 5.74) is 28.3. The largest absolute Gasteiger partial charge is 0.388 e. The van der Waals surface area contributed by atoms with Crippen molar-refractivity contribution in [2.75, 3.05) is 17.3 Å². The Bertz CT molecular complexity index is 3770. The lowest BCUT2D eigenvalue weighted by Crippen LogP contribution is -2.28. The first-order valence-corrected chi connectivity index (χ1v) is 26.1. The van der Waals surface area contributed by atoms with Gasteiger partial charge in [0.05, 0.1) is 16.5 Å². The van der Waals surface area contributed by atoms with Crippen LogP contribution in [0.1, 0.15) is 83.2 Å². The highest BCUT2D eigenvalue weighted by Gasteiger charge is 2.52. The lowest BCUT2D eigenvalue weighted by molar-refractivity contribution is 0.501. The van der Waals surface area contributed by atoms with E-state index in [-0.39, 0.29) is 5.41 Å². The molecule has 1 atom stereocenters. The number of nitrogens with zero attached hydrogens (tertiary/aromatic N) is 1. The fourth-order valence-electron chi connectivity index (χ4n) is 14.0. The number of nitrogens with one attached hydrogen (secondary N) is 1. The van der Waals surface area contributed by atoms with Crippen molar-refractivity contribution in [1.29, 1.82) is 0 Å². The maximum Gasteiger partial charge on any atom is 0.0725 e. The highest BCUT2D eigenvalue weighted by molar-refractivity contribution is 5.97. The summed E-state index contributed by atoms with van der Waals surface area (Å²) in [7, 11) is 1.98. The van der Waals surface area contributed by atoms with E-state index in [9.17, 15) is 0 Å². The molecule has 0 saturated heterocycles. The zero-order valence-electron chi connectivity index (χ0n) is 41.7. The van der Waals surface area contributed by atoms with Crippen LogP contribution in [0.15, 0.2) is 242 Å². The van der Waals surface area contributed by atoms with Crippen molar-refractivity contribution in [3.8, 4) is 44.5 Å². The van der Waals surface area contributed by atoms with E-state index in [4.69, 9.17) is 6.58 Å². The fourth-order valence-corrected chi connectivity index (χ4v) is 14.0. The van der Waals surface area contributed by atoms with Gasteiger partial charge in [-0.05, 0) is 162 Å². The van der Waals surface area contributed by atoms with Crippen molar-refractivity contribution in [2.24, 2.45) is 5.41 Å². The van der Waals surface area contributed by atoms with Gasteiger partial charge in [-0.25, -0.2) is 0 Å². The van der Waals surface area contributed by atoms with Crippen LogP contribution in [0.2, 0.25) is 0 Å². The molecule has 14 rings (SSSR count). The third-order valence-corrected chi connectivity index (χ3v) is 17.2. The molecule has 0 aromatic heterocycles. The number of anilines is 3. The van der Waals surface area contributed by atoms with Crippen LogP contribution >= 0.6 is 0 Å². The molecule has 350 valence electrons. The van der Waals surface area contributed by atoms with Gasteiger partial charge in [0.1, 0.15) is 0 Å². The molecule has 5 aliphatic rings. The van der Waals surface area contributed by atoms with Crippen LogP contribution in [0.4, 0.5) is 17.1 Å². The summed E-state index contributed by atoms with van der Waals surface area (Å²) in [4.78, 5) is 2.39. The Labute approximate surface area is 430 Å². The van der Waals surface area contributed by atoms with Crippen LogP contribution in [0.3, 0.4) is 0 Å². The van der Waals surface area contributed by atoms with E-state index in [1.807, 2.05) is 7.05 Å². The van der Waals surface area contributed by atoms with Gasteiger partial charge in [0.2, 0.25) is 0 Å². The lowest BCUT2D eigenvalue weighted by Gasteiger charge is -2.37. The molecule has 2 nitrogen and oxygen atoms in total. The van der Waals surface area contributed by atoms with Crippen molar-refractivity contribution >= 4 is 28.7 Å². The van der Waals surface area contributed by atoms with Crippen molar-refractivity contribution in [2.45, 2.75) is 43.9 Å². The Morgan fingerprint density at radius 1 is 0.534 bits per heavy atom. The zero-order valence-corrected chi connectivity index (χ0v) is 41.7. The minimum atomic E-state index is -0.414. The van der Waals surface area contributed by atoms with Crippen molar-refractivity contribution < 1.29 is 0 Å². The third kappa shape index (κ3) is 6.04. The van der Waals surface area contributed by atoms with Crippen molar-refractivity contribution in [3.05, 3.63) is 292 Å². The molecule has 1 N–H and O–H groups in total. The van der Waals surface area contributed by atoms with E-state index in [1.165, 1.54) is 106 Å². The summed E-state index contributed by atoms with van der Waals surface area (Å²) in [5, 5.41) is 3.34. The van der Waals surface area contributed by atoms with E-state index < -0.39 is 10.8 Å². The van der Waals surface area contributed by atoms with Gasteiger partial charge in [-0.1, -0.05) is 208 Å². The third-order valence-electron chi connectivity index (χ3n) is 17.2. The van der Waals surface area contributed by atoms with Gasteiger partial charge >= 0.3 is 0 Å². The van der Waals surface area contributed by atoms with Crippen LogP contribution in [0.5, 0.6) is 0 Å². The second kappa shape index (κ2) is 16.3. The Morgan fingerprint density at radius 2 is 1.03 bits per heavy atom. The summed E-state index contributed by atoms with van der Waals surface area (Å²) in [5.74, 6) is 0. The average molecular weight is 937 g/mol. The van der Waals surface area contributed by atoms with Crippen LogP contribution in [-0.4, -0.2) is 7.05 Å². The minimum absolute atomic E-state index is 0.368. The summed E-state index contributed by atoms with van der Waals surface area (Å²) in [6, 6.07) is 77.6. The first kappa shape index (κ1) is 43.3. The monoisotopic (exact) mass is 936 g/mol. The predicted molar refractivity (Wildman–Crippen MR) is 306 cm³/mol. The van der Waals surface area contributed by atoms with E-state index in [0.717, 1.165) is 41.9 Å². The zero-order chi connectivity index (χ0) is 49.1. The van der Waals surface area contributed by atoms with Crippen LogP contribution in [-0.2, 0) is 10.8 Å². The number of rotatable bonds is 7. The van der Waals surface area contributed by atoms with Gasteiger partial charge in [0.15, 0.2) is 0 Å².